The molecule has 14 heavy (non-hydrogen) atoms. The van der Waals surface area contributed by atoms with Gasteiger partial charge in [0.2, 0.25) is 0 Å². The summed E-state index contributed by atoms with van der Waals surface area (Å²) in [5, 5.41) is 4.17. The minimum Gasteiger partial charge on any atom is -0.234 e. The maximum atomic E-state index is 12.8. The molecule has 7 heteroatoms. The molecule has 0 radical (unpaired) electrons. The number of hydrogen-bond acceptors (Lipinski definition) is 2. The van der Waals surface area contributed by atoms with Crippen LogP contribution in [0, 0.1) is 0 Å². The van der Waals surface area contributed by atoms with Crippen molar-refractivity contribution in [2.45, 2.75) is 4.96 Å². The highest BCUT2D eigenvalue weighted by molar-refractivity contribution is 9.10. The minimum absolute atomic E-state index is 0.285. The van der Waals surface area contributed by atoms with Crippen LogP contribution in [0.5, 0.6) is 0 Å². The van der Waals surface area contributed by atoms with Crippen LogP contribution in [0.25, 0.3) is 11.0 Å². The van der Waals surface area contributed by atoms with E-state index < -0.39 is 4.96 Å². The summed E-state index contributed by atoms with van der Waals surface area (Å²) in [4.78, 5) is 0.702. The molecular formula is C7H3Br2F2N3. The van der Waals surface area contributed by atoms with Crippen molar-refractivity contribution >= 4 is 42.9 Å². The molecule has 2 heterocycles. The molecule has 0 aromatic carbocycles. The first kappa shape index (κ1) is 9.97. The first-order chi connectivity index (χ1) is 6.47. The van der Waals surface area contributed by atoms with Gasteiger partial charge in [-0.25, -0.2) is 4.98 Å². The van der Waals surface area contributed by atoms with E-state index >= 15 is 0 Å². The zero-order chi connectivity index (χ0) is 10.3. The number of halogens is 4. The second-order valence-electron chi connectivity index (χ2n) is 2.61. The van der Waals surface area contributed by atoms with Crippen molar-refractivity contribution in [1.29, 1.82) is 0 Å². The Morgan fingerprint density at radius 2 is 2.14 bits per heavy atom. The highest BCUT2D eigenvalue weighted by atomic mass is 79.9. The van der Waals surface area contributed by atoms with Gasteiger partial charge in [0, 0.05) is 38.2 Å². The van der Waals surface area contributed by atoms with Crippen LogP contribution in [0.2, 0.25) is 0 Å². The molecule has 2 aromatic rings. The van der Waals surface area contributed by atoms with E-state index in [1.807, 2.05) is 0 Å². The SMILES string of the molecule is FC(F)(Br)n1cc2cc(Br)cnc2n1. The van der Waals surface area contributed by atoms with Gasteiger partial charge in [0.15, 0.2) is 5.65 Å². The van der Waals surface area contributed by atoms with Crippen LogP contribution in [-0.4, -0.2) is 14.8 Å². The van der Waals surface area contributed by atoms with Crippen LogP contribution in [-0.2, 0) is 4.96 Å². The van der Waals surface area contributed by atoms with Crippen LogP contribution >= 0.6 is 31.9 Å². The van der Waals surface area contributed by atoms with Crippen molar-refractivity contribution in [3.8, 4) is 0 Å². The Morgan fingerprint density at radius 1 is 1.43 bits per heavy atom. The molecule has 0 atom stereocenters. The summed E-state index contributed by atoms with van der Waals surface area (Å²) in [7, 11) is 0. The lowest BCUT2D eigenvalue weighted by Crippen LogP contribution is -2.14. The van der Waals surface area contributed by atoms with Gasteiger partial charge in [-0.3, -0.25) is 0 Å². The van der Waals surface area contributed by atoms with Crippen molar-refractivity contribution in [2.75, 3.05) is 0 Å². The van der Waals surface area contributed by atoms with Gasteiger partial charge in [-0.1, -0.05) is 0 Å². The first-order valence-corrected chi connectivity index (χ1v) is 5.13. The fraction of sp³-hybridized carbons (Fsp3) is 0.143. The molecule has 0 spiro atoms. The van der Waals surface area contributed by atoms with Gasteiger partial charge in [0.05, 0.1) is 0 Å². The van der Waals surface area contributed by atoms with Gasteiger partial charge < -0.3 is 0 Å². The molecule has 0 fully saturated rings. The molecule has 0 saturated heterocycles. The molecule has 0 aliphatic heterocycles. The summed E-state index contributed by atoms with van der Waals surface area (Å²) >= 11 is 5.40. The molecule has 2 aromatic heterocycles. The van der Waals surface area contributed by atoms with E-state index in [1.54, 1.807) is 6.07 Å². The first-order valence-electron chi connectivity index (χ1n) is 3.55. The number of aromatic nitrogens is 3. The van der Waals surface area contributed by atoms with E-state index in [0.717, 1.165) is 4.47 Å². The van der Waals surface area contributed by atoms with Crippen LogP contribution in [0.4, 0.5) is 8.78 Å². The van der Waals surface area contributed by atoms with E-state index in [4.69, 9.17) is 0 Å². The van der Waals surface area contributed by atoms with Crippen LogP contribution in [0.15, 0.2) is 22.9 Å². The standard InChI is InChI=1S/C7H3Br2F2N3/c8-5-1-4-3-14(7(9,10)11)13-6(4)12-2-5/h1-3H. The number of nitrogens with zero attached hydrogens (tertiary/aromatic N) is 3. The van der Waals surface area contributed by atoms with Gasteiger partial charge in [0.1, 0.15) is 0 Å². The van der Waals surface area contributed by atoms with E-state index in [9.17, 15) is 8.78 Å². The van der Waals surface area contributed by atoms with Gasteiger partial charge in [-0.05, 0) is 22.0 Å². The number of rotatable bonds is 1. The number of fused-ring (bicyclic) bond motifs is 1. The van der Waals surface area contributed by atoms with Crippen molar-refractivity contribution in [1.82, 2.24) is 14.8 Å². The predicted octanol–water partition coefficient (Wildman–Crippen LogP) is 3.10. The third kappa shape index (κ3) is 1.78. The summed E-state index contributed by atoms with van der Waals surface area (Å²) in [5.41, 5.74) is 0.285. The van der Waals surface area contributed by atoms with Gasteiger partial charge >= 0.3 is 4.96 Å². The molecule has 0 bridgehead atoms. The lowest BCUT2D eigenvalue weighted by molar-refractivity contribution is 0.0206. The second kappa shape index (κ2) is 3.23. The Morgan fingerprint density at radius 3 is 2.79 bits per heavy atom. The molecule has 0 aliphatic carbocycles. The van der Waals surface area contributed by atoms with Crippen molar-refractivity contribution in [3.05, 3.63) is 22.9 Å². The molecule has 2 rings (SSSR count). The summed E-state index contributed by atoms with van der Waals surface area (Å²) < 4.78 is 26.8. The Balaban J connectivity index is 2.63. The fourth-order valence-corrected chi connectivity index (χ4v) is 1.55. The summed E-state index contributed by atoms with van der Waals surface area (Å²) in [6.45, 7) is 0. The second-order valence-corrected chi connectivity index (χ2v) is 4.48. The molecule has 0 aliphatic rings. The maximum Gasteiger partial charge on any atom is 0.401 e. The van der Waals surface area contributed by atoms with E-state index in [1.165, 1.54) is 12.4 Å². The third-order valence-electron chi connectivity index (χ3n) is 1.59. The van der Waals surface area contributed by atoms with Crippen molar-refractivity contribution in [3.63, 3.8) is 0 Å². The smallest absolute Gasteiger partial charge is 0.234 e. The molecular weight excluding hydrogens is 324 g/mol. The van der Waals surface area contributed by atoms with Gasteiger partial charge in [0.25, 0.3) is 0 Å². The van der Waals surface area contributed by atoms with E-state index in [2.05, 4.69) is 41.9 Å². The summed E-state index contributed by atoms with van der Waals surface area (Å²) in [5.74, 6) is 0. The Kier molecular flexibility index (Phi) is 2.30. The molecule has 0 N–H and O–H groups in total. The summed E-state index contributed by atoms with van der Waals surface area (Å²) in [6.07, 6.45) is 2.73. The monoisotopic (exact) mass is 325 g/mol. The van der Waals surface area contributed by atoms with Crippen LogP contribution in [0.1, 0.15) is 0 Å². The zero-order valence-corrected chi connectivity index (χ0v) is 9.76. The molecule has 0 saturated carbocycles. The van der Waals surface area contributed by atoms with E-state index in [-0.39, 0.29) is 5.65 Å². The number of pyridine rings is 1. The highest BCUT2D eigenvalue weighted by Gasteiger charge is 2.28. The van der Waals surface area contributed by atoms with Gasteiger partial charge in [-0.15, -0.1) is 5.10 Å². The quantitative estimate of drug-likeness (QED) is 0.754. The van der Waals surface area contributed by atoms with Crippen molar-refractivity contribution in [2.24, 2.45) is 0 Å². The number of alkyl halides is 3. The fourth-order valence-electron chi connectivity index (χ4n) is 1.02. The summed E-state index contributed by atoms with van der Waals surface area (Å²) in [6, 6.07) is 1.67. The third-order valence-corrected chi connectivity index (χ3v) is 2.38. The average Bonchev–Trinajstić information content (AvgIpc) is 2.45. The molecule has 3 nitrogen and oxygen atoms in total. The van der Waals surface area contributed by atoms with Crippen molar-refractivity contribution < 1.29 is 8.78 Å². The van der Waals surface area contributed by atoms with Crippen LogP contribution in [0.3, 0.4) is 0 Å². The van der Waals surface area contributed by atoms with E-state index in [0.29, 0.717) is 10.1 Å². The van der Waals surface area contributed by atoms with Gasteiger partial charge in [-0.2, -0.15) is 13.5 Å². The molecule has 0 unspecified atom stereocenters. The highest BCUT2D eigenvalue weighted by Crippen LogP contribution is 2.29. The Bertz CT molecular complexity index is 477. The minimum atomic E-state index is -3.18. The average molecular weight is 327 g/mol. The predicted molar refractivity (Wildman–Crippen MR) is 54.3 cm³/mol. The zero-order valence-electron chi connectivity index (χ0n) is 6.59. The van der Waals surface area contributed by atoms with Crippen LogP contribution < -0.4 is 0 Å². The molecule has 74 valence electrons. The maximum absolute atomic E-state index is 12.8. The Labute approximate surface area is 94.4 Å². The molecule has 0 amide bonds. The lowest BCUT2D eigenvalue weighted by Gasteiger charge is -2.05. The normalized spacial score (nSPS) is 12.3. The topological polar surface area (TPSA) is 30.7 Å². The Hall–Kier alpha value is -0.560. The number of hydrogen-bond donors (Lipinski definition) is 0. The largest absolute Gasteiger partial charge is 0.401 e. The lowest BCUT2D eigenvalue weighted by atomic mass is 10.4.